The number of anilines is 2. The van der Waals surface area contributed by atoms with Crippen molar-refractivity contribution in [3.05, 3.63) is 21.6 Å². The molecule has 0 aromatic heterocycles. The Morgan fingerprint density at radius 1 is 1.53 bits per heavy atom. The maximum Gasteiger partial charge on any atom is 0.0618 e. The van der Waals surface area contributed by atoms with Gasteiger partial charge in [0.05, 0.1) is 16.4 Å². The Morgan fingerprint density at radius 2 is 2.27 bits per heavy atom. The van der Waals surface area contributed by atoms with Crippen molar-refractivity contribution in [2.75, 3.05) is 17.2 Å². The second-order valence-electron chi connectivity index (χ2n) is 4.01. The van der Waals surface area contributed by atoms with Gasteiger partial charge in [0.1, 0.15) is 0 Å². The second-order valence-corrected chi connectivity index (χ2v) is 5.27. The molecule has 4 heteroatoms. The fourth-order valence-corrected chi connectivity index (χ4v) is 2.61. The summed E-state index contributed by atoms with van der Waals surface area (Å²) in [4.78, 5) is 2.33. The van der Waals surface area contributed by atoms with Crippen LogP contribution in [-0.4, -0.2) is 12.6 Å². The minimum absolute atomic E-state index is 0.560. The van der Waals surface area contributed by atoms with Crippen molar-refractivity contribution in [2.45, 2.75) is 25.8 Å². The van der Waals surface area contributed by atoms with Crippen LogP contribution in [0, 0.1) is 0 Å². The lowest BCUT2D eigenvalue weighted by Crippen LogP contribution is -2.27. The first-order chi connectivity index (χ1) is 7.09. The molecule has 2 rings (SSSR count). The van der Waals surface area contributed by atoms with Crippen molar-refractivity contribution in [3.63, 3.8) is 0 Å². The molecular weight excluding hydrogens is 275 g/mol. The predicted molar refractivity (Wildman–Crippen MR) is 69.6 cm³/mol. The van der Waals surface area contributed by atoms with E-state index in [1.807, 2.05) is 12.1 Å². The highest BCUT2D eigenvalue weighted by molar-refractivity contribution is 9.10. The molecule has 15 heavy (non-hydrogen) atoms. The number of rotatable bonds is 1. The highest BCUT2D eigenvalue weighted by Gasteiger charge is 2.22. The molecule has 1 fully saturated rings. The molecule has 0 bridgehead atoms. The summed E-state index contributed by atoms with van der Waals surface area (Å²) in [5.74, 6) is 0. The molecule has 1 atom stereocenters. The summed E-state index contributed by atoms with van der Waals surface area (Å²) in [6, 6.07) is 4.38. The van der Waals surface area contributed by atoms with Crippen LogP contribution in [-0.2, 0) is 0 Å². The minimum atomic E-state index is 0.560. The van der Waals surface area contributed by atoms with Gasteiger partial charge in [-0.15, -0.1) is 0 Å². The third-order valence-electron chi connectivity index (χ3n) is 2.93. The first-order valence-electron chi connectivity index (χ1n) is 5.10. The smallest absolute Gasteiger partial charge is 0.0618 e. The number of benzene rings is 1. The standard InChI is InChI=1S/C11H14BrClN2/c1-7-3-2-4-15(7)11-6-9(13)8(12)5-10(11)14/h5-7H,2-4,14H2,1H3/t7-/m0/s1. The molecule has 0 saturated carbocycles. The topological polar surface area (TPSA) is 29.3 Å². The fraction of sp³-hybridized carbons (Fsp3) is 0.455. The Morgan fingerprint density at radius 3 is 2.87 bits per heavy atom. The van der Waals surface area contributed by atoms with Gasteiger partial charge >= 0.3 is 0 Å². The van der Waals surface area contributed by atoms with Crippen LogP contribution in [0.1, 0.15) is 19.8 Å². The third kappa shape index (κ3) is 2.08. The van der Waals surface area contributed by atoms with Gasteiger partial charge in [-0.3, -0.25) is 0 Å². The summed E-state index contributed by atoms with van der Waals surface area (Å²) in [5.41, 5.74) is 7.86. The van der Waals surface area contributed by atoms with Crippen LogP contribution >= 0.6 is 27.5 Å². The van der Waals surface area contributed by atoms with E-state index in [9.17, 15) is 0 Å². The SMILES string of the molecule is C[C@H]1CCCN1c1cc(Cl)c(Br)cc1N. The molecule has 1 aliphatic rings. The molecule has 0 radical (unpaired) electrons. The van der Waals surface area contributed by atoms with E-state index in [1.165, 1.54) is 12.8 Å². The zero-order valence-corrected chi connectivity index (χ0v) is 11.0. The molecular formula is C11H14BrClN2. The van der Waals surface area contributed by atoms with Gasteiger partial charge in [0.15, 0.2) is 0 Å². The molecule has 0 amide bonds. The highest BCUT2D eigenvalue weighted by atomic mass is 79.9. The van der Waals surface area contributed by atoms with E-state index in [0.29, 0.717) is 6.04 Å². The number of halogens is 2. The Balaban J connectivity index is 2.39. The first kappa shape index (κ1) is 11.1. The number of hydrogen-bond acceptors (Lipinski definition) is 2. The lowest BCUT2D eigenvalue weighted by atomic mass is 10.2. The normalized spacial score (nSPS) is 21.0. The summed E-state index contributed by atoms with van der Waals surface area (Å²) in [5, 5.41) is 0.721. The van der Waals surface area contributed by atoms with Crippen LogP contribution in [0.15, 0.2) is 16.6 Å². The molecule has 1 aliphatic heterocycles. The van der Waals surface area contributed by atoms with Crippen LogP contribution in [0.4, 0.5) is 11.4 Å². The van der Waals surface area contributed by atoms with E-state index in [-0.39, 0.29) is 0 Å². The number of hydrogen-bond donors (Lipinski definition) is 1. The molecule has 0 aliphatic carbocycles. The highest BCUT2D eigenvalue weighted by Crippen LogP contribution is 2.36. The van der Waals surface area contributed by atoms with E-state index in [2.05, 4.69) is 27.8 Å². The lowest BCUT2D eigenvalue weighted by molar-refractivity contribution is 0.736. The van der Waals surface area contributed by atoms with Crippen molar-refractivity contribution < 1.29 is 0 Å². The molecule has 1 aromatic carbocycles. The van der Waals surface area contributed by atoms with Crippen LogP contribution < -0.4 is 10.6 Å². The molecule has 82 valence electrons. The van der Waals surface area contributed by atoms with Crippen molar-refractivity contribution in [3.8, 4) is 0 Å². The van der Waals surface area contributed by atoms with E-state index in [0.717, 1.165) is 27.4 Å². The van der Waals surface area contributed by atoms with Crippen LogP contribution in [0.2, 0.25) is 5.02 Å². The molecule has 1 heterocycles. The zero-order valence-electron chi connectivity index (χ0n) is 8.63. The zero-order chi connectivity index (χ0) is 11.0. The van der Waals surface area contributed by atoms with Crippen molar-refractivity contribution in [1.82, 2.24) is 0 Å². The van der Waals surface area contributed by atoms with E-state index in [4.69, 9.17) is 17.3 Å². The summed E-state index contributed by atoms with van der Waals surface area (Å²) in [6.07, 6.45) is 2.46. The van der Waals surface area contributed by atoms with Gasteiger partial charge < -0.3 is 10.6 Å². The lowest BCUT2D eigenvalue weighted by Gasteiger charge is -2.25. The molecule has 0 spiro atoms. The average molecular weight is 290 g/mol. The number of nitrogens with two attached hydrogens (primary N) is 1. The van der Waals surface area contributed by atoms with Crippen LogP contribution in [0.25, 0.3) is 0 Å². The van der Waals surface area contributed by atoms with Gasteiger partial charge in [-0.1, -0.05) is 11.6 Å². The summed E-state index contributed by atoms with van der Waals surface area (Å²) in [6.45, 7) is 3.30. The van der Waals surface area contributed by atoms with Gasteiger partial charge in [0.25, 0.3) is 0 Å². The van der Waals surface area contributed by atoms with Gasteiger partial charge in [-0.2, -0.15) is 0 Å². The van der Waals surface area contributed by atoms with Gasteiger partial charge in [-0.05, 0) is 47.8 Å². The van der Waals surface area contributed by atoms with Gasteiger partial charge in [0, 0.05) is 17.1 Å². The summed E-state index contributed by atoms with van der Waals surface area (Å²) < 4.78 is 0.859. The summed E-state index contributed by atoms with van der Waals surface area (Å²) in [7, 11) is 0. The van der Waals surface area contributed by atoms with E-state index < -0.39 is 0 Å². The van der Waals surface area contributed by atoms with Crippen molar-refractivity contribution in [2.24, 2.45) is 0 Å². The van der Waals surface area contributed by atoms with E-state index in [1.54, 1.807) is 0 Å². The molecule has 2 N–H and O–H groups in total. The van der Waals surface area contributed by atoms with Crippen molar-refractivity contribution in [1.29, 1.82) is 0 Å². The Hall–Kier alpha value is -0.410. The maximum atomic E-state index is 6.08. The van der Waals surface area contributed by atoms with Crippen LogP contribution in [0.5, 0.6) is 0 Å². The van der Waals surface area contributed by atoms with E-state index >= 15 is 0 Å². The Bertz CT molecular complexity index is 381. The third-order valence-corrected chi connectivity index (χ3v) is 4.13. The quantitative estimate of drug-likeness (QED) is 0.799. The molecule has 1 aromatic rings. The minimum Gasteiger partial charge on any atom is -0.397 e. The maximum absolute atomic E-state index is 6.08. The van der Waals surface area contributed by atoms with Gasteiger partial charge in [0.2, 0.25) is 0 Å². The second kappa shape index (κ2) is 4.22. The van der Waals surface area contributed by atoms with Gasteiger partial charge in [-0.25, -0.2) is 0 Å². The Kier molecular flexibility index (Phi) is 3.12. The monoisotopic (exact) mass is 288 g/mol. The number of nitrogens with zero attached hydrogens (tertiary/aromatic N) is 1. The fourth-order valence-electron chi connectivity index (χ4n) is 2.09. The van der Waals surface area contributed by atoms with Crippen LogP contribution in [0.3, 0.4) is 0 Å². The van der Waals surface area contributed by atoms with Crippen molar-refractivity contribution >= 4 is 38.9 Å². The molecule has 0 unspecified atom stereocenters. The predicted octanol–water partition coefficient (Wildman–Crippen LogP) is 3.67. The molecule has 1 saturated heterocycles. The average Bonchev–Trinajstić information content (AvgIpc) is 2.58. The Labute approximate surface area is 104 Å². The largest absolute Gasteiger partial charge is 0.397 e. The first-order valence-corrected chi connectivity index (χ1v) is 6.28. The number of nitrogen functional groups attached to an aromatic ring is 1. The summed E-state index contributed by atoms with van der Waals surface area (Å²) >= 11 is 9.46. The molecule has 2 nitrogen and oxygen atoms in total.